The summed E-state index contributed by atoms with van der Waals surface area (Å²) in [5.41, 5.74) is 4.30. The number of aromatic amines is 1. The maximum absolute atomic E-state index is 13.0. The normalized spacial score (nSPS) is 14.4. The lowest BCUT2D eigenvalue weighted by Gasteiger charge is -2.33. The van der Waals surface area contributed by atoms with Gasteiger partial charge in [0, 0.05) is 79.1 Å². The zero-order chi connectivity index (χ0) is 24.6. The molecule has 5 aromatic rings. The summed E-state index contributed by atoms with van der Waals surface area (Å²) in [6, 6.07) is 9.53. The Bertz CT molecular complexity index is 1590. The van der Waals surface area contributed by atoms with Gasteiger partial charge in [-0.1, -0.05) is 0 Å². The predicted molar refractivity (Wildman–Crippen MR) is 141 cm³/mol. The van der Waals surface area contributed by atoms with E-state index in [1.54, 1.807) is 24.7 Å². The molecule has 5 aromatic heterocycles. The molecule has 0 atom stereocenters. The van der Waals surface area contributed by atoms with E-state index in [-0.39, 0.29) is 5.91 Å². The van der Waals surface area contributed by atoms with Crippen molar-refractivity contribution in [3.63, 3.8) is 0 Å². The van der Waals surface area contributed by atoms with Crippen LogP contribution in [0.5, 0.6) is 0 Å². The number of hydrogen-bond donors (Lipinski definition) is 2. The van der Waals surface area contributed by atoms with Crippen LogP contribution in [0.1, 0.15) is 15.9 Å². The van der Waals surface area contributed by atoms with E-state index in [1.807, 2.05) is 30.6 Å². The zero-order valence-electron chi connectivity index (χ0n) is 20.2. The van der Waals surface area contributed by atoms with Gasteiger partial charge >= 0.3 is 0 Å². The van der Waals surface area contributed by atoms with Gasteiger partial charge in [-0.2, -0.15) is 0 Å². The Morgan fingerprint density at radius 2 is 1.78 bits per heavy atom. The van der Waals surface area contributed by atoms with Crippen LogP contribution in [0.4, 0.5) is 11.6 Å². The summed E-state index contributed by atoms with van der Waals surface area (Å²) in [5, 5.41) is 5.84. The summed E-state index contributed by atoms with van der Waals surface area (Å²) < 4.78 is 0. The molecule has 0 aliphatic carbocycles. The number of aromatic nitrogens is 5. The molecule has 6 rings (SSSR count). The van der Waals surface area contributed by atoms with Gasteiger partial charge in [0.25, 0.3) is 5.91 Å². The summed E-state index contributed by atoms with van der Waals surface area (Å²) in [6.07, 6.45) is 8.97. The number of amides is 1. The highest BCUT2D eigenvalue weighted by atomic mass is 16.1. The van der Waals surface area contributed by atoms with E-state index in [2.05, 4.69) is 60.1 Å². The SMILES string of the molecule is Cc1c[nH]c2ncc(-c3cc4cc(NC(=O)c5ccnc(N6CCN(C)CC6)c5)ncc4cn3)cc12. The van der Waals surface area contributed by atoms with Crippen LogP contribution in [-0.2, 0) is 0 Å². The van der Waals surface area contributed by atoms with Crippen molar-refractivity contribution in [1.29, 1.82) is 0 Å². The van der Waals surface area contributed by atoms with Gasteiger partial charge in [-0.15, -0.1) is 0 Å². The minimum Gasteiger partial charge on any atom is -0.354 e. The van der Waals surface area contributed by atoms with Gasteiger partial charge in [-0.3, -0.25) is 9.78 Å². The molecule has 9 heteroatoms. The number of likely N-dealkylation sites (N-methyl/N-ethyl adjacent to an activating group) is 1. The molecule has 36 heavy (non-hydrogen) atoms. The molecule has 1 fully saturated rings. The van der Waals surface area contributed by atoms with Crippen LogP contribution in [-0.4, -0.2) is 69.0 Å². The van der Waals surface area contributed by atoms with Gasteiger partial charge in [0.15, 0.2) is 0 Å². The standard InChI is InChI=1S/C27H26N8O/c1-17-13-31-26-22(17)9-20(14-32-26)23-10-19-11-24(30-16-21(19)15-29-23)33-27(36)18-3-4-28-25(12-18)35-7-5-34(2)6-8-35/h3-4,9-16H,5-8H2,1-2H3,(H,31,32)(H,30,33,36). The third-order valence-corrected chi connectivity index (χ3v) is 6.71. The summed E-state index contributed by atoms with van der Waals surface area (Å²) in [4.78, 5) is 38.7. The van der Waals surface area contributed by atoms with E-state index in [0.717, 1.165) is 70.6 Å². The Morgan fingerprint density at radius 1 is 0.944 bits per heavy atom. The second-order valence-electron chi connectivity index (χ2n) is 9.23. The summed E-state index contributed by atoms with van der Waals surface area (Å²) in [6.45, 7) is 5.79. The number of fused-ring (bicyclic) bond motifs is 2. The van der Waals surface area contributed by atoms with E-state index < -0.39 is 0 Å². The Labute approximate surface area is 208 Å². The van der Waals surface area contributed by atoms with E-state index in [9.17, 15) is 4.79 Å². The van der Waals surface area contributed by atoms with E-state index >= 15 is 0 Å². The number of piperazine rings is 1. The molecule has 0 bridgehead atoms. The van der Waals surface area contributed by atoms with Crippen LogP contribution >= 0.6 is 0 Å². The third-order valence-electron chi connectivity index (χ3n) is 6.71. The van der Waals surface area contributed by atoms with Crippen LogP contribution in [0.2, 0.25) is 0 Å². The number of nitrogens with one attached hydrogen (secondary N) is 2. The molecular formula is C27H26N8O. The highest BCUT2D eigenvalue weighted by Crippen LogP contribution is 2.26. The molecule has 1 amide bonds. The van der Waals surface area contributed by atoms with Gasteiger partial charge < -0.3 is 20.1 Å². The lowest BCUT2D eigenvalue weighted by atomic mass is 10.1. The number of aryl methyl sites for hydroxylation is 1. The summed E-state index contributed by atoms with van der Waals surface area (Å²) in [7, 11) is 2.11. The van der Waals surface area contributed by atoms with E-state index in [0.29, 0.717) is 11.4 Å². The van der Waals surface area contributed by atoms with Gasteiger partial charge in [0.1, 0.15) is 17.3 Å². The summed E-state index contributed by atoms with van der Waals surface area (Å²) in [5.74, 6) is 1.09. The lowest BCUT2D eigenvalue weighted by molar-refractivity contribution is 0.102. The molecule has 6 heterocycles. The first-order valence-corrected chi connectivity index (χ1v) is 11.9. The van der Waals surface area contributed by atoms with Crippen molar-refractivity contribution < 1.29 is 4.79 Å². The Balaban J connectivity index is 1.24. The van der Waals surface area contributed by atoms with Crippen LogP contribution in [0.15, 0.2) is 61.3 Å². The molecule has 0 spiro atoms. The molecule has 9 nitrogen and oxygen atoms in total. The maximum atomic E-state index is 13.0. The fourth-order valence-corrected chi connectivity index (χ4v) is 4.50. The lowest BCUT2D eigenvalue weighted by Crippen LogP contribution is -2.44. The highest BCUT2D eigenvalue weighted by Gasteiger charge is 2.17. The van der Waals surface area contributed by atoms with Crippen molar-refractivity contribution in [2.75, 3.05) is 43.4 Å². The van der Waals surface area contributed by atoms with Crippen LogP contribution in [0.25, 0.3) is 33.1 Å². The average molecular weight is 479 g/mol. The van der Waals surface area contributed by atoms with E-state index in [1.165, 1.54) is 0 Å². The Morgan fingerprint density at radius 3 is 2.64 bits per heavy atom. The molecule has 180 valence electrons. The minimum absolute atomic E-state index is 0.216. The number of pyridine rings is 4. The van der Waals surface area contributed by atoms with Crippen molar-refractivity contribution >= 4 is 39.3 Å². The number of carbonyl (C=O) groups excluding carboxylic acids is 1. The molecule has 2 N–H and O–H groups in total. The monoisotopic (exact) mass is 478 g/mol. The number of carbonyl (C=O) groups is 1. The molecule has 0 unspecified atom stereocenters. The second-order valence-corrected chi connectivity index (χ2v) is 9.23. The van der Waals surface area contributed by atoms with Crippen LogP contribution < -0.4 is 10.2 Å². The average Bonchev–Trinajstić information content (AvgIpc) is 3.28. The first-order valence-electron chi connectivity index (χ1n) is 11.9. The Hall–Kier alpha value is -4.37. The van der Waals surface area contributed by atoms with Crippen LogP contribution in [0, 0.1) is 6.92 Å². The van der Waals surface area contributed by atoms with Crippen molar-refractivity contribution in [2.24, 2.45) is 0 Å². The zero-order valence-corrected chi connectivity index (χ0v) is 20.2. The molecule has 0 aromatic carbocycles. The number of rotatable bonds is 4. The van der Waals surface area contributed by atoms with Gasteiger partial charge in [0.05, 0.1) is 5.69 Å². The third kappa shape index (κ3) is 4.25. The minimum atomic E-state index is -0.216. The van der Waals surface area contributed by atoms with Crippen molar-refractivity contribution in [3.8, 4) is 11.3 Å². The molecule has 1 aliphatic heterocycles. The first-order chi connectivity index (χ1) is 17.5. The van der Waals surface area contributed by atoms with Gasteiger partial charge in [0.2, 0.25) is 0 Å². The smallest absolute Gasteiger partial charge is 0.257 e. The largest absolute Gasteiger partial charge is 0.354 e. The van der Waals surface area contributed by atoms with E-state index in [4.69, 9.17) is 0 Å². The number of H-pyrrole nitrogens is 1. The number of anilines is 2. The molecule has 0 saturated carbocycles. The number of hydrogen-bond acceptors (Lipinski definition) is 7. The molecular weight excluding hydrogens is 452 g/mol. The fourth-order valence-electron chi connectivity index (χ4n) is 4.50. The second kappa shape index (κ2) is 9.01. The topological polar surface area (TPSA) is 103 Å². The quantitative estimate of drug-likeness (QED) is 0.404. The maximum Gasteiger partial charge on any atom is 0.257 e. The number of nitrogens with zero attached hydrogens (tertiary/aromatic N) is 6. The van der Waals surface area contributed by atoms with Crippen molar-refractivity contribution in [2.45, 2.75) is 6.92 Å². The first kappa shape index (κ1) is 22.1. The summed E-state index contributed by atoms with van der Waals surface area (Å²) >= 11 is 0. The molecule has 1 saturated heterocycles. The van der Waals surface area contributed by atoms with Crippen molar-refractivity contribution in [1.82, 2.24) is 29.8 Å². The Kier molecular flexibility index (Phi) is 5.54. The molecule has 1 aliphatic rings. The predicted octanol–water partition coefficient (Wildman–Crippen LogP) is 3.88. The fraction of sp³-hybridized carbons (Fsp3) is 0.222. The van der Waals surface area contributed by atoms with Crippen LogP contribution in [0.3, 0.4) is 0 Å². The van der Waals surface area contributed by atoms with Gasteiger partial charge in [-0.25, -0.2) is 15.0 Å². The van der Waals surface area contributed by atoms with Gasteiger partial charge in [-0.05, 0) is 55.3 Å². The highest BCUT2D eigenvalue weighted by molar-refractivity contribution is 6.05. The molecule has 0 radical (unpaired) electrons. The van der Waals surface area contributed by atoms with Crippen molar-refractivity contribution in [3.05, 3.63) is 72.4 Å².